The highest BCUT2D eigenvalue weighted by molar-refractivity contribution is 8.15. The number of benzene rings is 2. The van der Waals surface area contributed by atoms with Crippen molar-refractivity contribution in [3.63, 3.8) is 0 Å². The molecule has 5 nitrogen and oxygen atoms in total. The Morgan fingerprint density at radius 3 is 2.43 bits per heavy atom. The van der Waals surface area contributed by atoms with Gasteiger partial charge < -0.3 is 5.32 Å². The van der Waals surface area contributed by atoms with Gasteiger partial charge in [-0.1, -0.05) is 48.2 Å². The second kappa shape index (κ2) is 9.30. The quantitative estimate of drug-likeness (QED) is 0.663. The second-order valence-corrected chi connectivity index (χ2v) is 8.65. The van der Waals surface area contributed by atoms with E-state index in [1.54, 1.807) is 11.0 Å². The van der Waals surface area contributed by atoms with Crippen LogP contribution in [0.1, 0.15) is 28.7 Å². The molecule has 0 aliphatic carbocycles. The zero-order valence-corrected chi connectivity index (χ0v) is 18.7. The van der Waals surface area contributed by atoms with Crippen molar-refractivity contribution in [1.29, 1.82) is 0 Å². The van der Waals surface area contributed by atoms with Gasteiger partial charge in [0.1, 0.15) is 5.25 Å². The number of nitrogens with one attached hydrogen (secondary N) is 1. The summed E-state index contributed by atoms with van der Waals surface area (Å²) in [5.74, 6) is -0.287. The van der Waals surface area contributed by atoms with Gasteiger partial charge in [0.05, 0.1) is 5.69 Å². The number of carbonyl (C=O) groups is 2. The van der Waals surface area contributed by atoms with Crippen LogP contribution in [0.2, 0.25) is 0 Å². The minimum absolute atomic E-state index is 0.0940. The van der Waals surface area contributed by atoms with E-state index in [2.05, 4.69) is 11.9 Å². The van der Waals surface area contributed by atoms with Crippen LogP contribution in [0.4, 0.5) is 11.4 Å². The molecule has 1 aliphatic heterocycles. The molecule has 2 aromatic rings. The number of nitrogens with zero attached hydrogens (tertiary/aromatic N) is 2. The van der Waals surface area contributed by atoms with Gasteiger partial charge in [-0.2, -0.15) is 0 Å². The molecule has 1 atom stereocenters. The van der Waals surface area contributed by atoms with E-state index < -0.39 is 5.25 Å². The molecule has 2 aromatic carbocycles. The van der Waals surface area contributed by atoms with Gasteiger partial charge in [0.25, 0.3) is 0 Å². The maximum atomic E-state index is 13.0. The van der Waals surface area contributed by atoms with Crippen molar-refractivity contribution in [3.8, 4) is 0 Å². The number of aryl methyl sites for hydroxylation is 3. The SMILES string of the molecule is C=CCN1C(=O)[C@H](CC(=O)Nc2c(C)cccc2C)SC1=Nc1cccc(C)c1C. The zero-order valence-electron chi connectivity index (χ0n) is 17.9. The van der Waals surface area contributed by atoms with Gasteiger partial charge in [0.15, 0.2) is 5.17 Å². The molecule has 3 rings (SSSR count). The van der Waals surface area contributed by atoms with Crippen LogP contribution in [0, 0.1) is 27.7 Å². The van der Waals surface area contributed by atoms with E-state index in [9.17, 15) is 9.59 Å². The lowest BCUT2D eigenvalue weighted by Crippen LogP contribution is -2.33. The first-order valence-electron chi connectivity index (χ1n) is 9.91. The molecule has 1 N–H and O–H groups in total. The Labute approximate surface area is 182 Å². The fourth-order valence-electron chi connectivity index (χ4n) is 3.35. The number of thioether (sulfide) groups is 1. The fourth-order valence-corrected chi connectivity index (χ4v) is 4.51. The van der Waals surface area contributed by atoms with Crippen LogP contribution in [-0.2, 0) is 9.59 Å². The van der Waals surface area contributed by atoms with Gasteiger partial charge in [-0.05, 0) is 56.0 Å². The summed E-state index contributed by atoms with van der Waals surface area (Å²) in [6.45, 7) is 12.1. The van der Waals surface area contributed by atoms with E-state index in [0.29, 0.717) is 11.7 Å². The number of anilines is 1. The highest BCUT2D eigenvalue weighted by Gasteiger charge is 2.38. The number of carbonyl (C=O) groups excluding carboxylic acids is 2. The third kappa shape index (κ3) is 4.65. The Bertz CT molecular complexity index is 1010. The standard InChI is InChI=1S/C24H27N3O2S/c1-6-13-27-23(29)20(14-21(28)26-22-16(3)10-7-11-17(22)4)30-24(27)25-19-12-8-9-15(2)18(19)5/h6-12,20H,1,13-14H2,2-5H3,(H,26,28)/t20-/m0/s1. The van der Waals surface area contributed by atoms with Crippen molar-refractivity contribution in [3.05, 3.63) is 71.3 Å². The minimum Gasteiger partial charge on any atom is -0.326 e. The van der Waals surface area contributed by atoms with Crippen molar-refractivity contribution < 1.29 is 9.59 Å². The third-order valence-corrected chi connectivity index (χ3v) is 6.42. The van der Waals surface area contributed by atoms with Gasteiger partial charge in [-0.15, -0.1) is 6.58 Å². The summed E-state index contributed by atoms with van der Waals surface area (Å²) < 4.78 is 0. The number of aliphatic imine (C=N–C) groups is 1. The summed E-state index contributed by atoms with van der Waals surface area (Å²) in [4.78, 5) is 32.0. The van der Waals surface area contributed by atoms with Gasteiger partial charge in [-0.25, -0.2) is 4.99 Å². The van der Waals surface area contributed by atoms with E-state index in [1.165, 1.54) is 11.8 Å². The lowest BCUT2D eigenvalue weighted by Gasteiger charge is -2.15. The molecule has 1 aliphatic rings. The van der Waals surface area contributed by atoms with Crippen molar-refractivity contribution >= 4 is 40.1 Å². The molecule has 2 amide bonds. The first-order chi connectivity index (χ1) is 14.3. The number of hydrogen-bond donors (Lipinski definition) is 1. The molecule has 0 spiro atoms. The Morgan fingerprint density at radius 1 is 1.13 bits per heavy atom. The van der Waals surface area contributed by atoms with Crippen LogP contribution < -0.4 is 5.32 Å². The molecule has 0 aromatic heterocycles. The predicted molar refractivity (Wildman–Crippen MR) is 125 cm³/mol. The Morgan fingerprint density at radius 2 is 1.77 bits per heavy atom. The minimum atomic E-state index is -0.502. The fraction of sp³-hybridized carbons (Fsp3) is 0.292. The zero-order chi connectivity index (χ0) is 21.8. The monoisotopic (exact) mass is 421 g/mol. The molecule has 6 heteroatoms. The highest BCUT2D eigenvalue weighted by Crippen LogP contribution is 2.33. The lowest BCUT2D eigenvalue weighted by molar-refractivity contribution is -0.127. The predicted octanol–water partition coefficient (Wildman–Crippen LogP) is 5.07. The highest BCUT2D eigenvalue weighted by atomic mass is 32.2. The molecule has 0 radical (unpaired) electrons. The first kappa shape index (κ1) is 21.8. The Hall–Kier alpha value is -2.86. The van der Waals surface area contributed by atoms with Gasteiger partial charge in [0, 0.05) is 18.7 Å². The molecular weight excluding hydrogens is 394 g/mol. The molecular formula is C24H27N3O2S. The maximum absolute atomic E-state index is 13.0. The molecule has 30 heavy (non-hydrogen) atoms. The van der Waals surface area contributed by atoms with Crippen LogP contribution in [0.5, 0.6) is 0 Å². The van der Waals surface area contributed by atoms with Crippen molar-refractivity contribution in [2.24, 2.45) is 4.99 Å². The van der Waals surface area contributed by atoms with Crippen LogP contribution in [-0.4, -0.2) is 33.7 Å². The summed E-state index contributed by atoms with van der Waals surface area (Å²) in [5.41, 5.74) is 5.86. The normalized spacial score (nSPS) is 17.5. The van der Waals surface area contributed by atoms with E-state index in [0.717, 1.165) is 33.6 Å². The molecule has 1 heterocycles. The first-order valence-corrected chi connectivity index (χ1v) is 10.8. The second-order valence-electron chi connectivity index (χ2n) is 7.48. The van der Waals surface area contributed by atoms with E-state index in [4.69, 9.17) is 4.99 Å². The number of amides is 2. The largest absolute Gasteiger partial charge is 0.326 e. The maximum Gasteiger partial charge on any atom is 0.242 e. The van der Waals surface area contributed by atoms with Gasteiger partial charge in [0.2, 0.25) is 11.8 Å². The lowest BCUT2D eigenvalue weighted by atomic mass is 10.1. The van der Waals surface area contributed by atoms with Crippen molar-refractivity contribution in [2.75, 3.05) is 11.9 Å². The van der Waals surface area contributed by atoms with Crippen LogP contribution in [0.25, 0.3) is 0 Å². The van der Waals surface area contributed by atoms with Crippen LogP contribution >= 0.6 is 11.8 Å². The molecule has 0 saturated carbocycles. The van der Waals surface area contributed by atoms with Crippen LogP contribution in [0.15, 0.2) is 54.0 Å². The molecule has 156 valence electrons. The van der Waals surface area contributed by atoms with Crippen molar-refractivity contribution in [1.82, 2.24) is 4.90 Å². The van der Waals surface area contributed by atoms with E-state index in [1.807, 2.05) is 64.1 Å². The summed E-state index contributed by atoms with van der Waals surface area (Å²) in [6, 6.07) is 11.8. The smallest absolute Gasteiger partial charge is 0.242 e. The van der Waals surface area contributed by atoms with E-state index in [-0.39, 0.29) is 18.2 Å². The summed E-state index contributed by atoms with van der Waals surface area (Å²) >= 11 is 1.34. The number of rotatable bonds is 6. The Kier molecular flexibility index (Phi) is 6.77. The molecule has 1 fully saturated rings. The topological polar surface area (TPSA) is 61.8 Å². The third-order valence-electron chi connectivity index (χ3n) is 5.24. The Balaban J connectivity index is 1.80. The average molecular weight is 422 g/mol. The molecule has 1 saturated heterocycles. The summed E-state index contributed by atoms with van der Waals surface area (Å²) in [6.07, 6.45) is 1.77. The molecule has 0 bridgehead atoms. The van der Waals surface area contributed by atoms with Gasteiger partial charge in [-0.3, -0.25) is 14.5 Å². The van der Waals surface area contributed by atoms with E-state index >= 15 is 0 Å². The average Bonchev–Trinajstić information content (AvgIpc) is 2.97. The van der Waals surface area contributed by atoms with Crippen molar-refractivity contribution in [2.45, 2.75) is 39.4 Å². The summed E-state index contributed by atoms with van der Waals surface area (Å²) in [5, 5.41) is 3.08. The van der Waals surface area contributed by atoms with Gasteiger partial charge >= 0.3 is 0 Å². The number of amidine groups is 1. The number of hydrogen-bond acceptors (Lipinski definition) is 4. The summed E-state index contributed by atoms with van der Waals surface area (Å²) in [7, 11) is 0. The van der Waals surface area contributed by atoms with Crippen LogP contribution in [0.3, 0.4) is 0 Å². The molecule has 0 unspecified atom stereocenters. The number of para-hydroxylation sites is 1.